The number of halogens is 1. The highest BCUT2D eigenvalue weighted by molar-refractivity contribution is 7.16. The monoisotopic (exact) mass is 330 g/mol. The lowest BCUT2D eigenvalue weighted by molar-refractivity contribution is -0.148. The number of carboxylic acid groups (broad SMARTS) is 1. The molecule has 0 saturated carbocycles. The molecule has 2 rings (SSSR count). The highest BCUT2D eigenvalue weighted by atomic mass is 35.5. The van der Waals surface area contributed by atoms with Crippen LogP contribution >= 0.6 is 22.9 Å². The summed E-state index contributed by atoms with van der Waals surface area (Å²) in [6, 6.07) is 3.32. The van der Waals surface area contributed by atoms with Crippen molar-refractivity contribution in [2.75, 3.05) is 6.54 Å². The van der Waals surface area contributed by atoms with Crippen molar-refractivity contribution in [3.8, 4) is 0 Å². The fourth-order valence-electron chi connectivity index (χ4n) is 2.88. The molecule has 1 atom stereocenters. The number of urea groups is 1. The molecule has 116 valence electrons. The number of hydrogen-bond acceptors (Lipinski definition) is 3. The Kier molecular flexibility index (Phi) is 5.11. The van der Waals surface area contributed by atoms with E-state index in [0.717, 1.165) is 17.7 Å². The molecule has 7 heteroatoms. The summed E-state index contributed by atoms with van der Waals surface area (Å²) in [4.78, 5) is 26.4. The number of nitrogens with one attached hydrogen (secondary N) is 1. The van der Waals surface area contributed by atoms with E-state index in [1.165, 1.54) is 16.2 Å². The van der Waals surface area contributed by atoms with E-state index in [0.29, 0.717) is 30.3 Å². The van der Waals surface area contributed by atoms with Gasteiger partial charge in [0.1, 0.15) is 5.54 Å². The number of nitrogens with zero attached hydrogens (tertiary/aromatic N) is 1. The fourth-order valence-corrected chi connectivity index (χ4v) is 3.91. The number of amides is 2. The van der Waals surface area contributed by atoms with Crippen molar-refractivity contribution in [1.29, 1.82) is 0 Å². The number of thiophene rings is 1. The van der Waals surface area contributed by atoms with Gasteiger partial charge < -0.3 is 15.3 Å². The van der Waals surface area contributed by atoms with Crippen LogP contribution in [0.4, 0.5) is 4.79 Å². The molecule has 2 N–H and O–H groups in total. The summed E-state index contributed by atoms with van der Waals surface area (Å²) in [6.45, 7) is 2.80. The van der Waals surface area contributed by atoms with Gasteiger partial charge >= 0.3 is 12.0 Å². The molecule has 0 aromatic carbocycles. The third-order valence-corrected chi connectivity index (χ3v) is 5.07. The van der Waals surface area contributed by atoms with Crippen molar-refractivity contribution in [3.05, 3.63) is 21.3 Å². The Morgan fingerprint density at radius 2 is 2.29 bits per heavy atom. The predicted molar refractivity (Wildman–Crippen MR) is 82.8 cm³/mol. The number of carbonyl (C=O) groups excluding carboxylic acids is 1. The molecule has 21 heavy (non-hydrogen) atoms. The van der Waals surface area contributed by atoms with Gasteiger partial charge in [0.15, 0.2) is 0 Å². The Labute approximate surface area is 132 Å². The Bertz CT molecular complexity index is 534. The zero-order valence-corrected chi connectivity index (χ0v) is 13.5. The van der Waals surface area contributed by atoms with Gasteiger partial charge in [-0.2, -0.15) is 0 Å². The van der Waals surface area contributed by atoms with Gasteiger partial charge in [-0.1, -0.05) is 24.9 Å². The smallest absolute Gasteiger partial charge is 0.329 e. The SMILES string of the molecule is CCCC1(C(=O)O)CCCN1C(=O)NCc1ccc(Cl)s1. The molecular weight excluding hydrogens is 312 g/mol. The molecule has 2 heterocycles. The van der Waals surface area contributed by atoms with Gasteiger partial charge in [0.05, 0.1) is 10.9 Å². The predicted octanol–water partition coefficient (Wildman–Crippen LogP) is 3.33. The second-order valence-corrected chi connectivity index (χ2v) is 7.01. The molecule has 1 aliphatic rings. The van der Waals surface area contributed by atoms with E-state index in [1.807, 2.05) is 13.0 Å². The molecule has 1 unspecified atom stereocenters. The van der Waals surface area contributed by atoms with E-state index in [1.54, 1.807) is 6.07 Å². The number of carboxylic acids is 1. The van der Waals surface area contributed by atoms with Gasteiger partial charge in [-0.15, -0.1) is 11.3 Å². The van der Waals surface area contributed by atoms with E-state index in [9.17, 15) is 14.7 Å². The minimum Gasteiger partial charge on any atom is -0.479 e. The van der Waals surface area contributed by atoms with E-state index < -0.39 is 11.5 Å². The molecule has 1 saturated heterocycles. The lowest BCUT2D eigenvalue weighted by Crippen LogP contribution is -2.55. The topological polar surface area (TPSA) is 69.6 Å². The number of rotatable bonds is 5. The zero-order chi connectivity index (χ0) is 15.5. The van der Waals surface area contributed by atoms with Crippen molar-refractivity contribution < 1.29 is 14.7 Å². The molecule has 0 aliphatic carbocycles. The van der Waals surface area contributed by atoms with Gasteiger partial charge in [-0.3, -0.25) is 0 Å². The Morgan fingerprint density at radius 3 is 2.86 bits per heavy atom. The van der Waals surface area contributed by atoms with E-state index >= 15 is 0 Å². The van der Waals surface area contributed by atoms with Crippen LogP contribution in [-0.2, 0) is 11.3 Å². The van der Waals surface area contributed by atoms with Gasteiger partial charge in [0, 0.05) is 11.4 Å². The van der Waals surface area contributed by atoms with E-state index in [2.05, 4.69) is 5.32 Å². The largest absolute Gasteiger partial charge is 0.479 e. The van der Waals surface area contributed by atoms with Gasteiger partial charge in [0.25, 0.3) is 0 Å². The highest BCUT2D eigenvalue weighted by Crippen LogP contribution is 2.34. The first kappa shape index (κ1) is 16.1. The standard InChI is InChI=1S/C14H19ClN2O3S/c1-2-6-14(12(18)19)7-3-8-17(14)13(20)16-9-10-4-5-11(15)21-10/h4-5H,2-3,6-9H2,1H3,(H,16,20)(H,18,19). The maximum Gasteiger partial charge on any atom is 0.329 e. The summed E-state index contributed by atoms with van der Waals surface area (Å²) in [5.74, 6) is -0.906. The number of hydrogen-bond donors (Lipinski definition) is 2. The first-order valence-corrected chi connectivity index (χ1v) is 8.22. The molecule has 0 bridgehead atoms. The molecule has 0 spiro atoms. The van der Waals surface area contributed by atoms with Crippen molar-refractivity contribution >= 4 is 34.9 Å². The van der Waals surface area contributed by atoms with Gasteiger partial charge in [0.2, 0.25) is 0 Å². The minimum atomic E-state index is -1.05. The summed E-state index contributed by atoms with van der Waals surface area (Å²) in [5, 5.41) is 12.4. The average Bonchev–Trinajstić information content (AvgIpc) is 3.04. The second kappa shape index (κ2) is 6.66. The highest BCUT2D eigenvalue weighted by Gasteiger charge is 2.49. The first-order chi connectivity index (χ1) is 9.99. The molecule has 1 aromatic rings. The van der Waals surface area contributed by atoms with Crippen LogP contribution < -0.4 is 5.32 Å². The second-order valence-electron chi connectivity index (χ2n) is 5.21. The van der Waals surface area contributed by atoms with Crippen LogP contribution in [-0.4, -0.2) is 34.1 Å². The molecule has 2 amide bonds. The molecule has 1 fully saturated rings. The lowest BCUT2D eigenvalue weighted by atomic mass is 9.91. The van der Waals surface area contributed by atoms with Crippen LogP contribution in [0.3, 0.4) is 0 Å². The van der Waals surface area contributed by atoms with Crippen molar-refractivity contribution in [1.82, 2.24) is 10.2 Å². The fraction of sp³-hybridized carbons (Fsp3) is 0.571. The molecule has 1 aliphatic heterocycles. The summed E-state index contributed by atoms with van der Waals surface area (Å²) >= 11 is 7.25. The zero-order valence-electron chi connectivity index (χ0n) is 11.9. The molecule has 5 nitrogen and oxygen atoms in total. The van der Waals surface area contributed by atoms with E-state index in [4.69, 9.17) is 11.6 Å². The maximum absolute atomic E-state index is 12.3. The van der Waals surface area contributed by atoms with Crippen LogP contribution in [0, 0.1) is 0 Å². The lowest BCUT2D eigenvalue weighted by Gasteiger charge is -2.34. The minimum absolute atomic E-state index is 0.312. The maximum atomic E-state index is 12.3. The quantitative estimate of drug-likeness (QED) is 0.870. The summed E-state index contributed by atoms with van der Waals surface area (Å²) < 4.78 is 0.672. The van der Waals surface area contributed by atoms with Crippen LogP contribution in [0.25, 0.3) is 0 Å². The summed E-state index contributed by atoms with van der Waals surface area (Å²) in [5.41, 5.74) is -1.05. The molecule has 1 aromatic heterocycles. The number of carbonyl (C=O) groups is 2. The summed E-state index contributed by atoms with van der Waals surface area (Å²) in [7, 11) is 0. The average molecular weight is 331 g/mol. The Balaban J connectivity index is 2.04. The molecular formula is C14H19ClN2O3S. The van der Waals surface area contributed by atoms with Crippen molar-refractivity contribution in [2.45, 2.75) is 44.7 Å². The van der Waals surface area contributed by atoms with Crippen molar-refractivity contribution in [2.24, 2.45) is 0 Å². The Hall–Kier alpha value is -1.27. The molecule has 0 radical (unpaired) electrons. The van der Waals surface area contributed by atoms with Crippen LogP contribution in [0.2, 0.25) is 4.34 Å². The van der Waals surface area contributed by atoms with Gasteiger partial charge in [-0.25, -0.2) is 9.59 Å². The van der Waals surface area contributed by atoms with Crippen LogP contribution in [0.15, 0.2) is 12.1 Å². The van der Waals surface area contributed by atoms with Crippen molar-refractivity contribution in [3.63, 3.8) is 0 Å². The third-order valence-electron chi connectivity index (χ3n) is 3.84. The van der Waals surface area contributed by atoms with E-state index in [-0.39, 0.29) is 6.03 Å². The van der Waals surface area contributed by atoms with Gasteiger partial charge in [-0.05, 0) is 31.4 Å². The number of aliphatic carboxylic acids is 1. The Morgan fingerprint density at radius 1 is 1.52 bits per heavy atom. The number of likely N-dealkylation sites (tertiary alicyclic amines) is 1. The van der Waals surface area contributed by atoms with Crippen LogP contribution in [0.1, 0.15) is 37.5 Å². The first-order valence-electron chi connectivity index (χ1n) is 7.02. The summed E-state index contributed by atoms with van der Waals surface area (Å²) in [6.07, 6.45) is 2.47. The third kappa shape index (κ3) is 3.32. The normalized spacial score (nSPS) is 21.5. The van der Waals surface area contributed by atoms with Crippen LogP contribution in [0.5, 0.6) is 0 Å².